The standard InChI is InChI=1S/C18H15BrN2O4/c19-13-4-6-15(7-5-13)21-10-12(9-16(21)22)17(23)20-14-3-1-2-11(8-14)18(24)25/h1-8,12H,9-10H2,(H,20,23)(H,24,25)/p-1/t12-/m1/s1. The Hall–Kier alpha value is -2.67. The number of nitrogens with zero attached hydrogens (tertiary/aromatic N) is 1. The minimum atomic E-state index is -1.31. The molecule has 3 rings (SSSR count). The maximum atomic E-state index is 12.4. The van der Waals surface area contributed by atoms with Crippen molar-refractivity contribution < 1.29 is 19.5 Å². The zero-order valence-electron chi connectivity index (χ0n) is 13.1. The molecule has 0 saturated carbocycles. The van der Waals surface area contributed by atoms with Crippen LogP contribution in [0.3, 0.4) is 0 Å². The van der Waals surface area contributed by atoms with Crippen molar-refractivity contribution in [1.29, 1.82) is 0 Å². The van der Waals surface area contributed by atoms with Crippen LogP contribution in [0.5, 0.6) is 0 Å². The van der Waals surface area contributed by atoms with Gasteiger partial charge in [0.2, 0.25) is 11.8 Å². The van der Waals surface area contributed by atoms with Gasteiger partial charge in [-0.1, -0.05) is 28.1 Å². The van der Waals surface area contributed by atoms with Gasteiger partial charge < -0.3 is 20.1 Å². The number of halogens is 1. The summed E-state index contributed by atoms with van der Waals surface area (Å²) < 4.78 is 0.907. The van der Waals surface area contributed by atoms with Gasteiger partial charge in [-0.15, -0.1) is 0 Å². The smallest absolute Gasteiger partial charge is 0.229 e. The summed E-state index contributed by atoms with van der Waals surface area (Å²) >= 11 is 3.34. The number of hydrogen-bond acceptors (Lipinski definition) is 4. The summed E-state index contributed by atoms with van der Waals surface area (Å²) in [6.45, 7) is 0.284. The predicted molar refractivity (Wildman–Crippen MR) is 94.0 cm³/mol. The van der Waals surface area contributed by atoms with Gasteiger partial charge in [-0.2, -0.15) is 0 Å². The Morgan fingerprint density at radius 1 is 1.16 bits per heavy atom. The van der Waals surface area contributed by atoms with E-state index in [1.165, 1.54) is 18.2 Å². The monoisotopic (exact) mass is 401 g/mol. The number of aromatic carboxylic acids is 1. The lowest BCUT2D eigenvalue weighted by atomic mass is 10.1. The molecule has 1 aliphatic heterocycles. The van der Waals surface area contributed by atoms with Crippen LogP contribution in [0, 0.1) is 5.92 Å². The van der Waals surface area contributed by atoms with Gasteiger partial charge in [0, 0.05) is 28.8 Å². The molecule has 1 saturated heterocycles. The second-order valence-corrected chi connectivity index (χ2v) is 6.65. The Kier molecular flexibility index (Phi) is 4.85. The van der Waals surface area contributed by atoms with Crippen LogP contribution >= 0.6 is 15.9 Å². The Balaban J connectivity index is 1.69. The Bertz CT molecular complexity index is 835. The number of rotatable bonds is 4. The minimum absolute atomic E-state index is 0.0169. The van der Waals surface area contributed by atoms with E-state index in [0.29, 0.717) is 5.69 Å². The molecule has 0 radical (unpaired) electrons. The summed E-state index contributed by atoms with van der Waals surface area (Å²) in [4.78, 5) is 37.1. The van der Waals surface area contributed by atoms with Gasteiger partial charge in [-0.25, -0.2) is 0 Å². The highest BCUT2D eigenvalue weighted by atomic mass is 79.9. The molecule has 128 valence electrons. The summed E-state index contributed by atoms with van der Waals surface area (Å²) in [5, 5.41) is 13.5. The van der Waals surface area contributed by atoms with Crippen LogP contribution < -0.4 is 15.3 Å². The number of carbonyl (C=O) groups is 3. The van der Waals surface area contributed by atoms with Gasteiger partial charge >= 0.3 is 0 Å². The summed E-state index contributed by atoms with van der Waals surface area (Å²) in [5.74, 6) is -2.24. The highest BCUT2D eigenvalue weighted by Crippen LogP contribution is 2.27. The fourth-order valence-corrected chi connectivity index (χ4v) is 2.99. The fraction of sp³-hybridized carbons (Fsp3) is 0.167. The third-order valence-electron chi connectivity index (χ3n) is 4.00. The number of benzene rings is 2. The van der Waals surface area contributed by atoms with E-state index < -0.39 is 11.9 Å². The molecule has 2 aromatic rings. The molecule has 7 heteroatoms. The highest BCUT2D eigenvalue weighted by molar-refractivity contribution is 9.10. The fourth-order valence-electron chi connectivity index (χ4n) is 2.72. The number of anilines is 2. The van der Waals surface area contributed by atoms with Gasteiger partial charge in [0.15, 0.2) is 0 Å². The molecular formula is C18H14BrN2O4-. The highest BCUT2D eigenvalue weighted by Gasteiger charge is 2.35. The van der Waals surface area contributed by atoms with Gasteiger partial charge in [0.1, 0.15) is 0 Å². The number of carbonyl (C=O) groups excluding carboxylic acids is 3. The third-order valence-corrected chi connectivity index (χ3v) is 4.53. The molecule has 2 aromatic carbocycles. The van der Waals surface area contributed by atoms with E-state index in [2.05, 4.69) is 21.2 Å². The summed E-state index contributed by atoms with van der Waals surface area (Å²) in [6, 6.07) is 13.1. The Morgan fingerprint density at radius 2 is 1.88 bits per heavy atom. The Labute approximate surface area is 152 Å². The molecule has 1 fully saturated rings. The van der Waals surface area contributed by atoms with Gasteiger partial charge in [-0.3, -0.25) is 9.59 Å². The van der Waals surface area contributed by atoms with E-state index in [1.807, 2.05) is 24.3 Å². The summed E-state index contributed by atoms with van der Waals surface area (Å²) in [7, 11) is 0. The molecule has 1 N–H and O–H groups in total. The second kappa shape index (κ2) is 7.06. The van der Waals surface area contributed by atoms with Crippen LogP contribution in [-0.4, -0.2) is 24.3 Å². The lowest BCUT2D eigenvalue weighted by molar-refractivity contribution is -0.255. The van der Waals surface area contributed by atoms with Crippen LogP contribution in [0.25, 0.3) is 0 Å². The van der Waals surface area contributed by atoms with E-state index in [1.54, 1.807) is 11.0 Å². The van der Waals surface area contributed by atoms with Crippen LogP contribution in [0.4, 0.5) is 11.4 Å². The summed E-state index contributed by atoms with van der Waals surface area (Å²) in [5.41, 5.74) is 1.08. The number of nitrogens with one attached hydrogen (secondary N) is 1. The van der Waals surface area contributed by atoms with Gasteiger partial charge in [-0.05, 0) is 42.0 Å². The van der Waals surface area contributed by atoms with E-state index >= 15 is 0 Å². The zero-order chi connectivity index (χ0) is 18.0. The maximum Gasteiger partial charge on any atom is 0.229 e. The van der Waals surface area contributed by atoms with Crippen molar-refractivity contribution in [2.75, 3.05) is 16.8 Å². The van der Waals surface area contributed by atoms with Crippen LogP contribution in [-0.2, 0) is 9.59 Å². The normalized spacial score (nSPS) is 16.8. The molecule has 1 atom stereocenters. The van der Waals surface area contributed by atoms with Crippen molar-refractivity contribution >= 4 is 45.1 Å². The van der Waals surface area contributed by atoms with Crippen molar-refractivity contribution in [3.8, 4) is 0 Å². The van der Waals surface area contributed by atoms with Crippen molar-refractivity contribution in [2.45, 2.75) is 6.42 Å². The van der Waals surface area contributed by atoms with E-state index in [4.69, 9.17) is 0 Å². The van der Waals surface area contributed by atoms with Crippen molar-refractivity contribution in [1.82, 2.24) is 0 Å². The summed E-state index contributed by atoms with van der Waals surface area (Å²) in [6.07, 6.45) is 0.113. The van der Waals surface area contributed by atoms with Crippen LogP contribution in [0.1, 0.15) is 16.8 Å². The van der Waals surface area contributed by atoms with E-state index in [-0.39, 0.29) is 30.3 Å². The molecule has 0 bridgehead atoms. The van der Waals surface area contributed by atoms with Gasteiger partial charge in [0.05, 0.1) is 11.9 Å². The lowest BCUT2D eigenvalue weighted by Crippen LogP contribution is -2.28. The van der Waals surface area contributed by atoms with Crippen molar-refractivity contribution in [2.24, 2.45) is 5.92 Å². The van der Waals surface area contributed by atoms with E-state index in [0.717, 1.165) is 10.2 Å². The average molecular weight is 402 g/mol. The first-order chi connectivity index (χ1) is 11.9. The first-order valence-electron chi connectivity index (χ1n) is 7.62. The molecule has 0 unspecified atom stereocenters. The molecule has 1 heterocycles. The average Bonchev–Trinajstić information content (AvgIpc) is 2.98. The molecule has 6 nitrogen and oxygen atoms in total. The predicted octanol–water partition coefficient (Wildman–Crippen LogP) is 1.80. The largest absolute Gasteiger partial charge is 0.545 e. The SMILES string of the molecule is O=C([O-])c1cccc(NC(=O)[C@@H]2CC(=O)N(c3ccc(Br)cc3)C2)c1. The first kappa shape index (κ1) is 17.2. The molecule has 2 amide bonds. The number of carboxylic acids is 1. The number of amides is 2. The Morgan fingerprint density at radius 3 is 2.56 bits per heavy atom. The van der Waals surface area contributed by atoms with Crippen LogP contribution in [0.15, 0.2) is 53.0 Å². The molecular weight excluding hydrogens is 388 g/mol. The second-order valence-electron chi connectivity index (χ2n) is 5.74. The zero-order valence-corrected chi connectivity index (χ0v) is 14.7. The molecule has 0 aliphatic carbocycles. The lowest BCUT2D eigenvalue weighted by Gasteiger charge is -2.17. The first-order valence-corrected chi connectivity index (χ1v) is 8.41. The van der Waals surface area contributed by atoms with E-state index in [9.17, 15) is 19.5 Å². The maximum absolute atomic E-state index is 12.4. The minimum Gasteiger partial charge on any atom is -0.545 e. The number of hydrogen-bond donors (Lipinski definition) is 1. The van der Waals surface area contributed by atoms with Gasteiger partial charge in [0.25, 0.3) is 0 Å². The topological polar surface area (TPSA) is 89.5 Å². The number of carboxylic acid groups (broad SMARTS) is 1. The van der Waals surface area contributed by atoms with Crippen molar-refractivity contribution in [3.05, 3.63) is 58.6 Å². The molecule has 0 spiro atoms. The van der Waals surface area contributed by atoms with Crippen LogP contribution in [0.2, 0.25) is 0 Å². The molecule has 0 aromatic heterocycles. The molecule has 25 heavy (non-hydrogen) atoms. The third kappa shape index (κ3) is 3.88. The molecule has 1 aliphatic rings. The quantitative estimate of drug-likeness (QED) is 0.845. The van der Waals surface area contributed by atoms with Crippen molar-refractivity contribution in [3.63, 3.8) is 0 Å².